The number of hydrogen-bond acceptors (Lipinski definition) is 4. The molecule has 4 nitrogen and oxygen atoms in total. The molecule has 0 N–H and O–H groups in total. The van der Waals surface area contributed by atoms with Gasteiger partial charge in [0, 0.05) is 26.1 Å². The first kappa shape index (κ1) is 14.3. The highest BCUT2D eigenvalue weighted by molar-refractivity contribution is 7.91. The Morgan fingerprint density at radius 1 is 1.61 bits per heavy atom. The van der Waals surface area contributed by atoms with Crippen LogP contribution in [-0.4, -0.2) is 39.0 Å². The Labute approximate surface area is 117 Å². The van der Waals surface area contributed by atoms with Crippen LogP contribution in [0.3, 0.4) is 0 Å². The average Bonchev–Trinajstić information content (AvgIpc) is 2.99. The van der Waals surface area contributed by atoms with Crippen LogP contribution in [0.25, 0.3) is 0 Å². The molecule has 1 atom stereocenters. The molecule has 102 valence electrons. The van der Waals surface area contributed by atoms with Crippen molar-refractivity contribution in [2.45, 2.75) is 29.0 Å². The number of rotatable bonds is 5. The molecular weight excluding hydrogens is 294 g/mol. The summed E-state index contributed by atoms with van der Waals surface area (Å²) in [6.07, 6.45) is 1.96. The second kappa shape index (κ2) is 5.88. The van der Waals surface area contributed by atoms with Gasteiger partial charge in [0.25, 0.3) is 10.0 Å². The van der Waals surface area contributed by atoms with Gasteiger partial charge in [-0.25, -0.2) is 8.42 Å². The lowest BCUT2D eigenvalue weighted by molar-refractivity contribution is 0.0979. The van der Waals surface area contributed by atoms with Crippen LogP contribution < -0.4 is 0 Å². The fraction of sp³-hybridized carbons (Fsp3) is 0.636. The van der Waals surface area contributed by atoms with E-state index < -0.39 is 10.0 Å². The van der Waals surface area contributed by atoms with Gasteiger partial charge in [0.15, 0.2) is 0 Å². The second-order valence-corrected chi connectivity index (χ2v) is 7.78. The van der Waals surface area contributed by atoms with Crippen molar-refractivity contribution in [1.29, 1.82) is 0 Å². The first-order chi connectivity index (χ1) is 8.54. The number of sulfonamides is 1. The molecule has 7 heteroatoms. The molecule has 2 heterocycles. The molecule has 2 rings (SSSR count). The van der Waals surface area contributed by atoms with E-state index >= 15 is 0 Å². The van der Waals surface area contributed by atoms with Gasteiger partial charge in [-0.2, -0.15) is 4.31 Å². The third kappa shape index (κ3) is 3.05. The summed E-state index contributed by atoms with van der Waals surface area (Å²) >= 11 is 6.90. The van der Waals surface area contributed by atoms with Gasteiger partial charge in [0.1, 0.15) is 4.21 Å². The number of ether oxygens (including phenoxy) is 1. The molecule has 1 aliphatic heterocycles. The average molecular weight is 310 g/mol. The van der Waals surface area contributed by atoms with Crippen molar-refractivity contribution >= 4 is 33.0 Å². The van der Waals surface area contributed by atoms with Gasteiger partial charge in [-0.05, 0) is 29.9 Å². The summed E-state index contributed by atoms with van der Waals surface area (Å²) < 4.78 is 31.7. The molecule has 1 aromatic heterocycles. The minimum absolute atomic E-state index is 0.0252. The number of alkyl halides is 1. The minimum Gasteiger partial charge on any atom is -0.377 e. The third-order valence-electron chi connectivity index (χ3n) is 2.93. The van der Waals surface area contributed by atoms with Gasteiger partial charge in [0.2, 0.25) is 0 Å². The molecular formula is C11H16ClNO3S2. The molecule has 0 spiro atoms. The second-order valence-electron chi connectivity index (χ2n) is 4.33. The number of likely N-dealkylation sites (N-methyl/N-ethyl adjacent to an activating group) is 1. The maximum absolute atomic E-state index is 12.3. The SMILES string of the molecule is CN(CC1CCCO1)S(=O)(=O)c1cc(CCl)cs1. The molecule has 18 heavy (non-hydrogen) atoms. The van der Waals surface area contributed by atoms with Crippen LogP contribution in [0, 0.1) is 0 Å². The molecule has 0 aromatic carbocycles. The number of hydrogen-bond donors (Lipinski definition) is 0. The van der Waals surface area contributed by atoms with Crippen molar-refractivity contribution in [2.75, 3.05) is 20.2 Å². The van der Waals surface area contributed by atoms with Gasteiger partial charge in [-0.15, -0.1) is 22.9 Å². The lowest BCUT2D eigenvalue weighted by Crippen LogP contribution is -2.33. The molecule has 0 amide bonds. The summed E-state index contributed by atoms with van der Waals surface area (Å²) in [6, 6.07) is 1.64. The molecule has 1 aromatic rings. The van der Waals surface area contributed by atoms with Crippen molar-refractivity contribution in [1.82, 2.24) is 4.31 Å². The van der Waals surface area contributed by atoms with Gasteiger partial charge < -0.3 is 4.74 Å². The van der Waals surface area contributed by atoms with Crippen molar-refractivity contribution < 1.29 is 13.2 Å². The molecule has 1 aliphatic rings. The van der Waals surface area contributed by atoms with E-state index in [2.05, 4.69) is 0 Å². The standard InChI is InChI=1S/C11H16ClNO3S2/c1-13(7-10-3-2-4-16-10)18(14,15)11-5-9(6-12)8-17-11/h5,8,10H,2-4,6-7H2,1H3. The highest BCUT2D eigenvalue weighted by Gasteiger charge is 2.27. The van der Waals surface area contributed by atoms with Crippen LogP contribution in [0.15, 0.2) is 15.7 Å². The smallest absolute Gasteiger partial charge is 0.252 e. The fourth-order valence-corrected chi connectivity index (χ4v) is 4.75. The predicted molar refractivity (Wildman–Crippen MR) is 72.7 cm³/mol. The Kier molecular flexibility index (Phi) is 4.66. The van der Waals surface area contributed by atoms with Gasteiger partial charge >= 0.3 is 0 Å². The molecule has 0 radical (unpaired) electrons. The Morgan fingerprint density at radius 2 is 2.39 bits per heavy atom. The van der Waals surface area contributed by atoms with Crippen molar-refractivity contribution in [3.8, 4) is 0 Å². The molecule has 0 bridgehead atoms. The maximum Gasteiger partial charge on any atom is 0.252 e. The van der Waals surface area contributed by atoms with Gasteiger partial charge in [-0.3, -0.25) is 0 Å². The zero-order chi connectivity index (χ0) is 13.2. The summed E-state index contributed by atoms with van der Waals surface area (Å²) in [5.41, 5.74) is 0.839. The van der Waals surface area contributed by atoms with Crippen LogP contribution in [0.4, 0.5) is 0 Å². The number of thiophene rings is 1. The highest BCUT2D eigenvalue weighted by Crippen LogP contribution is 2.25. The Hall–Kier alpha value is -0.140. The first-order valence-electron chi connectivity index (χ1n) is 5.75. The third-order valence-corrected chi connectivity index (χ3v) is 6.53. The molecule has 0 aliphatic carbocycles. The van der Waals surface area contributed by atoms with E-state index in [1.165, 1.54) is 15.6 Å². The van der Waals surface area contributed by atoms with E-state index in [4.69, 9.17) is 16.3 Å². The predicted octanol–water partition coefficient (Wildman–Crippen LogP) is 2.29. The topological polar surface area (TPSA) is 46.6 Å². The zero-order valence-corrected chi connectivity index (χ0v) is 12.5. The molecule has 1 saturated heterocycles. The first-order valence-corrected chi connectivity index (χ1v) is 8.61. The van der Waals surface area contributed by atoms with E-state index in [0.717, 1.165) is 25.0 Å². The highest BCUT2D eigenvalue weighted by atomic mass is 35.5. The summed E-state index contributed by atoms with van der Waals surface area (Å²) in [7, 11) is -1.81. The van der Waals surface area contributed by atoms with Gasteiger partial charge in [-0.1, -0.05) is 0 Å². The Bertz CT molecular complexity index is 494. The fourth-order valence-electron chi connectivity index (χ4n) is 1.89. The zero-order valence-electron chi connectivity index (χ0n) is 10.1. The Balaban J connectivity index is 2.09. The van der Waals surface area contributed by atoms with Crippen molar-refractivity contribution in [3.05, 3.63) is 17.0 Å². The molecule has 0 saturated carbocycles. The lowest BCUT2D eigenvalue weighted by atomic mass is 10.2. The lowest BCUT2D eigenvalue weighted by Gasteiger charge is -2.19. The van der Waals surface area contributed by atoms with Crippen LogP contribution >= 0.6 is 22.9 Å². The van der Waals surface area contributed by atoms with Crippen molar-refractivity contribution in [2.24, 2.45) is 0 Å². The number of nitrogens with zero attached hydrogens (tertiary/aromatic N) is 1. The summed E-state index contributed by atoms with van der Waals surface area (Å²) in [5, 5.41) is 1.78. The number of halogens is 1. The molecule has 1 unspecified atom stereocenters. The minimum atomic E-state index is -3.40. The van der Waals surface area contributed by atoms with Gasteiger partial charge in [0.05, 0.1) is 6.10 Å². The summed E-state index contributed by atoms with van der Waals surface area (Å²) in [5.74, 6) is 0.335. The normalized spacial score (nSPS) is 20.7. The van der Waals surface area contributed by atoms with E-state index in [-0.39, 0.29) is 6.10 Å². The Morgan fingerprint density at radius 3 is 2.94 bits per heavy atom. The summed E-state index contributed by atoms with van der Waals surface area (Å²) in [4.78, 5) is 0. The van der Waals surface area contributed by atoms with E-state index in [1.807, 2.05) is 0 Å². The van der Waals surface area contributed by atoms with E-state index in [0.29, 0.717) is 16.6 Å². The molecule has 1 fully saturated rings. The summed E-state index contributed by atoms with van der Waals surface area (Å²) in [6.45, 7) is 1.14. The van der Waals surface area contributed by atoms with Crippen LogP contribution in [-0.2, 0) is 20.6 Å². The monoisotopic (exact) mass is 309 g/mol. The van der Waals surface area contributed by atoms with Crippen molar-refractivity contribution in [3.63, 3.8) is 0 Å². The van der Waals surface area contributed by atoms with E-state index in [9.17, 15) is 8.42 Å². The van der Waals surface area contributed by atoms with E-state index in [1.54, 1.807) is 18.5 Å². The quantitative estimate of drug-likeness (QED) is 0.784. The maximum atomic E-state index is 12.3. The largest absolute Gasteiger partial charge is 0.377 e. The van der Waals surface area contributed by atoms with Crippen LogP contribution in [0.5, 0.6) is 0 Å². The van der Waals surface area contributed by atoms with Crippen LogP contribution in [0.2, 0.25) is 0 Å². The van der Waals surface area contributed by atoms with Crippen LogP contribution in [0.1, 0.15) is 18.4 Å².